The number of amides is 1. The maximum absolute atomic E-state index is 12.2. The van der Waals surface area contributed by atoms with Crippen molar-refractivity contribution in [3.8, 4) is 5.75 Å². The van der Waals surface area contributed by atoms with Gasteiger partial charge in [0, 0.05) is 6.07 Å². The Kier molecular flexibility index (Phi) is 3.78. The Morgan fingerprint density at radius 1 is 1.44 bits per heavy atom. The normalized spacial score (nSPS) is 17.5. The van der Waals surface area contributed by atoms with Crippen molar-refractivity contribution in [2.75, 3.05) is 12.4 Å². The molecule has 0 unspecified atom stereocenters. The van der Waals surface area contributed by atoms with E-state index in [1.807, 2.05) is 0 Å². The van der Waals surface area contributed by atoms with Crippen LogP contribution in [0, 0.1) is 0 Å². The number of methoxy groups -OCH3 is 1. The molecule has 0 radical (unpaired) electrons. The summed E-state index contributed by atoms with van der Waals surface area (Å²) in [4.78, 5) is 12.2. The molecule has 5 heteroatoms. The molecule has 0 saturated heterocycles. The highest BCUT2D eigenvalue weighted by atomic mass is 35.5. The van der Waals surface area contributed by atoms with Gasteiger partial charge in [0.2, 0.25) is 5.91 Å². The molecule has 1 saturated carbocycles. The summed E-state index contributed by atoms with van der Waals surface area (Å²) in [5.41, 5.74) is 5.87. The van der Waals surface area contributed by atoms with E-state index in [4.69, 9.17) is 22.1 Å². The van der Waals surface area contributed by atoms with Gasteiger partial charge in [-0.1, -0.05) is 24.4 Å². The van der Waals surface area contributed by atoms with Gasteiger partial charge in [-0.25, -0.2) is 0 Å². The van der Waals surface area contributed by atoms with Crippen molar-refractivity contribution in [3.63, 3.8) is 0 Å². The van der Waals surface area contributed by atoms with Gasteiger partial charge in [0.1, 0.15) is 5.75 Å². The fraction of sp³-hybridized carbons (Fsp3) is 0.462. The van der Waals surface area contributed by atoms with Crippen molar-refractivity contribution in [2.24, 2.45) is 5.73 Å². The topological polar surface area (TPSA) is 64.3 Å². The SMILES string of the molecule is COc1ccc(Cl)c(NC(=O)C2(N)CCCC2)c1. The van der Waals surface area contributed by atoms with E-state index in [9.17, 15) is 4.79 Å². The van der Waals surface area contributed by atoms with E-state index in [1.54, 1.807) is 25.3 Å². The molecule has 1 fully saturated rings. The highest BCUT2D eigenvalue weighted by molar-refractivity contribution is 6.33. The first-order chi connectivity index (χ1) is 8.55. The number of nitrogens with one attached hydrogen (secondary N) is 1. The minimum atomic E-state index is -0.758. The number of hydrogen-bond acceptors (Lipinski definition) is 3. The molecule has 0 aromatic heterocycles. The molecule has 4 nitrogen and oxygen atoms in total. The standard InChI is InChI=1S/C13H17ClN2O2/c1-18-9-4-5-10(14)11(8-9)16-12(17)13(15)6-2-3-7-13/h4-5,8H,2-3,6-7,15H2,1H3,(H,16,17). The summed E-state index contributed by atoms with van der Waals surface area (Å²) in [6, 6.07) is 5.12. The van der Waals surface area contributed by atoms with E-state index in [0.29, 0.717) is 16.5 Å². The van der Waals surface area contributed by atoms with Crippen LogP contribution < -0.4 is 15.8 Å². The maximum atomic E-state index is 12.2. The number of benzene rings is 1. The van der Waals surface area contributed by atoms with Gasteiger partial charge in [0.05, 0.1) is 23.4 Å². The number of halogens is 1. The third-order valence-electron chi connectivity index (χ3n) is 3.37. The lowest BCUT2D eigenvalue weighted by Gasteiger charge is -2.22. The van der Waals surface area contributed by atoms with Crippen LogP contribution >= 0.6 is 11.6 Å². The molecule has 1 amide bonds. The molecule has 1 aliphatic carbocycles. The van der Waals surface area contributed by atoms with Crippen LogP contribution in [0.5, 0.6) is 5.75 Å². The smallest absolute Gasteiger partial charge is 0.244 e. The van der Waals surface area contributed by atoms with Gasteiger partial charge < -0.3 is 15.8 Å². The summed E-state index contributed by atoms with van der Waals surface area (Å²) in [6.45, 7) is 0. The third kappa shape index (κ3) is 2.60. The summed E-state index contributed by atoms with van der Waals surface area (Å²) >= 11 is 6.04. The molecule has 1 aliphatic rings. The molecule has 1 aromatic carbocycles. The molecule has 0 heterocycles. The van der Waals surface area contributed by atoms with Crippen molar-refractivity contribution in [3.05, 3.63) is 23.2 Å². The van der Waals surface area contributed by atoms with Crippen molar-refractivity contribution in [1.29, 1.82) is 0 Å². The summed E-state index contributed by atoms with van der Waals surface area (Å²) in [5.74, 6) is 0.474. The van der Waals surface area contributed by atoms with Gasteiger partial charge in [-0.3, -0.25) is 4.79 Å². The zero-order valence-corrected chi connectivity index (χ0v) is 11.1. The highest BCUT2D eigenvalue weighted by Gasteiger charge is 2.37. The van der Waals surface area contributed by atoms with Crippen molar-refractivity contribution in [2.45, 2.75) is 31.2 Å². The number of carbonyl (C=O) groups excluding carboxylic acids is 1. The van der Waals surface area contributed by atoms with Crippen LogP contribution in [0.2, 0.25) is 5.02 Å². The van der Waals surface area contributed by atoms with Gasteiger partial charge in [0.15, 0.2) is 0 Å². The lowest BCUT2D eigenvalue weighted by Crippen LogP contribution is -2.48. The Morgan fingerprint density at radius 2 is 2.11 bits per heavy atom. The van der Waals surface area contributed by atoms with Crippen LogP contribution in [0.1, 0.15) is 25.7 Å². The van der Waals surface area contributed by atoms with E-state index in [2.05, 4.69) is 5.32 Å². The van der Waals surface area contributed by atoms with Crippen LogP contribution in [0.15, 0.2) is 18.2 Å². The summed E-state index contributed by atoms with van der Waals surface area (Å²) in [7, 11) is 1.57. The van der Waals surface area contributed by atoms with E-state index < -0.39 is 5.54 Å². The molecule has 98 valence electrons. The Hall–Kier alpha value is -1.26. The fourth-order valence-corrected chi connectivity index (χ4v) is 2.37. The fourth-order valence-electron chi connectivity index (χ4n) is 2.21. The first kappa shape index (κ1) is 13.2. The molecule has 0 aliphatic heterocycles. The third-order valence-corrected chi connectivity index (χ3v) is 3.70. The second-order valence-corrected chi connectivity index (χ2v) is 5.07. The summed E-state index contributed by atoms with van der Waals surface area (Å²) < 4.78 is 5.10. The Bertz CT molecular complexity index is 456. The average Bonchev–Trinajstić information content (AvgIpc) is 2.80. The van der Waals surface area contributed by atoms with Crippen molar-refractivity contribution in [1.82, 2.24) is 0 Å². The zero-order chi connectivity index (χ0) is 13.2. The molecule has 2 rings (SSSR count). The van der Waals surface area contributed by atoms with E-state index in [-0.39, 0.29) is 5.91 Å². The second kappa shape index (κ2) is 5.16. The average molecular weight is 269 g/mol. The van der Waals surface area contributed by atoms with Crippen LogP contribution in [-0.4, -0.2) is 18.6 Å². The molecule has 18 heavy (non-hydrogen) atoms. The lowest BCUT2D eigenvalue weighted by molar-refractivity contribution is -0.121. The second-order valence-electron chi connectivity index (χ2n) is 4.66. The van der Waals surface area contributed by atoms with E-state index >= 15 is 0 Å². The van der Waals surface area contributed by atoms with E-state index in [0.717, 1.165) is 25.7 Å². The number of hydrogen-bond donors (Lipinski definition) is 2. The monoisotopic (exact) mass is 268 g/mol. The predicted molar refractivity (Wildman–Crippen MR) is 72.0 cm³/mol. The van der Waals surface area contributed by atoms with Gasteiger partial charge in [0.25, 0.3) is 0 Å². The van der Waals surface area contributed by atoms with Crippen LogP contribution in [-0.2, 0) is 4.79 Å². The molecule has 0 spiro atoms. The van der Waals surface area contributed by atoms with Gasteiger partial charge in [-0.05, 0) is 25.0 Å². The van der Waals surface area contributed by atoms with E-state index in [1.165, 1.54) is 0 Å². The van der Waals surface area contributed by atoms with Crippen LogP contribution in [0.4, 0.5) is 5.69 Å². The molecule has 0 bridgehead atoms. The quantitative estimate of drug-likeness (QED) is 0.885. The Balaban J connectivity index is 2.16. The predicted octanol–water partition coefficient (Wildman–Crippen LogP) is 2.56. The van der Waals surface area contributed by atoms with Crippen molar-refractivity contribution >= 4 is 23.2 Å². The number of nitrogens with two attached hydrogens (primary N) is 1. The summed E-state index contributed by atoms with van der Waals surface area (Å²) in [5, 5.41) is 3.27. The van der Waals surface area contributed by atoms with Gasteiger partial charge >= 0.3 is 0 Å². The Labute approximate surface area is 111 Å². The minimum Gasteiger partial charge on any atom is -0.497 e. The minimum absolute atomic E-state index is 0.171. The zero-order valence-electron chi connectivity index (χ0n) is 10.3. The lowest BCUT2D eigenvalue weighted by atomic mass is 9.98. The number of carbonyl (C=O) groups is 1. The number of rotatable bonds is 3. The molecule has 3 N–H and O–H groups in total. The molecular formula is C13H17ClN2O2. The van der Waals surface area contributed by atoms with Crippen LogP contribution in [0.3, 0.4) is 0 Å². The molecular weight excluding hydrogens is 252 g/mol. The first-order valence-corrected chi connectivity index (χ1v) is 6.37. The van der Waals surface area contributed by atoms with Gasteiger partial charge in [-0.2, -0.15) is 0 Å². The maximum Gasteiger partial charge on any atom is 0.244 e. The van der Waals surface area contributed by atoms with Gasteiger partial charge in [-0.15, -0.1) is 0 Å². The summed E-state index contributed by atoms with van der Waals surface area (Å²) in [6.07, 6.45) is 3.44. The number of ether oxygens (including phenoxy) is 1. The molecule has 0 atom stereocenters. The highest BCUT2D eigenvalue weighted by Crippen LogP contribution is 2.31. The number of anilines is 1. The Morgan fingerprint density at radius 3 is 2.72 bits per heavy atom. The van der Waals surface area contributed by atoms with Crippen LogP contribution in [0.25, 0.3) is 0 Å². The molecule has 1 aromatic rings. The largest absolute Gasteiger partial charge is 0.497 e. The van der Waals surface area contributed by atoms with Crippen molar-refractivity contribution < 1.29 is 9.53 Å². The first-order valence-electron chi connectivity index (χ1n) is 5.99.